The van der Waals surface area contributed by atoms with Crippen molar-refractivity contribution in [1.29, 1.82) is 0 Å². The van der Waals surface area contributed by atoms with Crippen molar-refractivity contribution in [3.05, 3.63) is 22.7 Å². The van der Waals surface area contributed by atoms with Crippen LogP contribution in [0, 0.1) is 0 Å². The Balaban J connectivity index is 2.31. The Morgan fingerprint density at radius 1 is 1.28 bits per heavy atom. The fourth-order valence-electron chi connectivity index (χ4n) is 1.24. The van der Waals surface area contributed by atoms with E-state index >= 15 is 0 Å². The Labute approximate surface area is 114 Å². The van der Waals surface area contributed by atoms with Gasteiger partial charge in [-0.05, 0) is 18.2 Å². The summed E-state index contributed by atoms with van der Waals surface area (Å²) in [5.41, 5.74) is 0. The highest BCUT2D eigenvalue weighted by atomic mass is 79.9. The highest BCUT2D eigenvalue weighted by Gasteiger charge is 2.05. The summed E-state index contributed by atoms with van der Waals surface area (Å²) < 4.78 is 16.7. The molecule has 1 rings (SSSR count). The van der Waals surface area contributed by atoms with E-state index in [2.05, 4.69) is 15.9 Å². The molecule has 0 aliphatic heterocycles. The molecule has 102 valence electrons. The van der Waals surface area contributed by atoms with Gasteiger partial charge in [-0.15, -0.1) is 0 Å². The van der Waals surface area contributed by atoms with E-state index in [1.54, 1.807) is 13.2 Å². The van der Waals surface area contributed by atoms with Crippen molar-refractivity contribution >= 4 is 15.9 Å². The molecule has 0 aromatic heterocycles. The summed E-state index contributed by atoms with van der Waals surface area (Å²) in [5, 5.41) is 17.6. The Hall–Kier alpha value is -0.820. The molecule has 0 heterocycles. The zero-order valence-electron chi connectivity index (χ0n) is 10.1. The van der Waals surface area contributed by atoms with Crippen molar-refractivity contribution in [1.82, 2.24) is 0 Å². The maximum absolute atomic E-state index is 9.05. The number of benzene rings is 1. The van der Waals surface area contributed by atoms with Crippen molar-refractivity contribution < 1.29 is 24.4 Å². The number of aliphatic hydroxyl groups excluding tert-OH is 2. The van der Waals surface area contributed by atoms with E-state index in [1.807, 2.05) is 12.1 Å². The van der Waals surface area contributed by atoms with Crippen LogP contribution in [0.5, 0.6) is 11.5 Å². The quantitative estimate of drug-likeness (QED) is 0.705. The molecule has 0 radical (unpaired) electrons. The van der Waals surface area contributed by atoms with Crippen LogP contribution < -0.4 is 9.47 Å². The van der Waals surface area contributed by atoms with E-state index in [4.69, 9.17) is 24.4 Å². The highest BCUT2D eigenvalue weighted by Crippen LogP contribution is 2.29. The lowest BCUT2D eigenvalue weighted by Crippen LogP contribution is -2.21. The number of ether oxygens (including phenoxy) is 3. The molecule has 0 saturated carbocycles. The monoisotopic (exact) mass is 320 g/mol. The van der Waals surface area contributed by atoms with Gasteiger partial charge in [0.1, 0.15) is 12.7 Å². The molecule has 1 aromatic carbocycles. The topological polar surface area (TPSA) is 68.2 Å². The zero-order valence-corrected chi connectivity index (χ0v) is 11.7. The van der Waals surface area contributed by atoms with Gasteiger partial charge >= 0.3 is 0 Å². The second kappa shape index (κ2) is 8.31. The lowest BCUT2D eigenvalue weighted by atomic mass is 10.3. The Bertz CT molecular complexity index is 358. The van der Waals surface area contributed by atoms with Crippen LogP contribution in [0.3, 0.4) is 0 Å². The number of halogens is 1. The number of methoxy groups -OCH3 is 1. The molecule has 2 N–H and O–H groups in total. The first-order valence-corrected chi connectivity index (χ1v) is 6.29. The van der Waals surface area contributed by atoms with Crippen LogP contribution in [0.4, 0.5) is 0 Å². The summed E-state index contributed by atoms with van der Waals surface area (Å²) in [5.74, 6) is 1.27. The second-order valence-corrected chi connectivity index (χ2v) is 4.47. The first-order chi connectivity index (χ1) is 8.67. The van der Waals surface area contributed by atoms with Gasteiger partial charge in [0, 0.05) is 4.47 Å². The molecule has 5 nitrogen and oxygen atoms in total. The maximum atomic E-state index is 9.05. The molecular weight excluding hydrogens is 304 g/mol. The molecule has 0 fully saturated rings. The van der Waals surface area contributed by atoms with Crippen molar-refractivity contribution in [3.8, 4) is 11.5 Å². The third kappa shape index (κ3) is 5.22. The molecule has 1 aromatic rings. The van der Waals surface area contributed by atoms with E-state index < -0.39 is 6.10 Å². The third-order valence-corrected chi connectivity index (χ3v) is 2.63. The molecular formula is C12H17BrO5. The van der Waals surface area contributed by atoms with Crippen LogP contribution in [0.25, 0.3) is 0 Å². The van der Waals surface area contributed by atoms with Crippen molar-refractivity contribution in [2.75, 3.05) is 33.5 Å². The Kier molecular flexibility index (Phi) is 7.04. The van der Waals surface area contributed by atoms with Crippen LogP contribution in [0.15, 0.2) is 22.7 Å². The highest BCUT2D eigenvalue weighted by molar-refractivity contribution is 9.10. The van der Waals surface area contributed by atoms with Gasteiger partial charge in [0.25, 0.3) is 0 Å². The van der Waals surface area contributed by atoms with E-state index in [0.717, 1.165) is 4.47 Å². The average molecular weight is 321 g/mol. The van der Waals surface area contributed by atoms with Crippen molar-refractivity contribution in [2.45, 2.75) is 6.10 Å². The molecule has 0 bridgehead atoms. The normalized spacial score (nSPS) is 12.2. The van der Waals surface area contributed by atoms with Crippen molar-refractivity contribution in [3.63, 3.8) is 0 Å². The predicted octanol–water partition coefficient (Wildman–Crippen LogP) is 1.21. The number of rotatable bonds is 8. The molecule has 0 amide bonds. The van der Waals surface area contributed by atoms with Crippen LogP contribution in [-0.2, 0) is 4.74 Å². The average Bonchev–Trinajstić information content (AvgIpc) is 2.39. The Morgan fingerprint density at radius 2 is 2.06 bits per heavy atom. The Morgan fingerprint density at radius 3 is 2.72 bits per heavy atom. The van der Waals surface area contributed by atoms with Gasteiger partial charge in [0.05, 0.1) is 26.9 Å². The molecule has 0 aliphatic carbocycles. The van der Waals surface area contributed by atoms with Crippen LogP contribution >= 0.6 is 15.9 Å². The van der Waals surface area contributed by atoms with Crippen LogP contribution in [0.1, 0.15) is 0 Å². The first-order valence-electron chi connectivity index (χ1n) is 5.50. The fraction of sp³-hybridized carbons (Fsp3) is 0.500. The van der Waals surface area contributed by atoms with Crippen LogP contribution in [-0.4, -0.2) is 49.9 Å². The molecule has 1 atom stereocenters. The van der Waals surface area contributed by atoms with Crippen molar-refractivity contribution in [2.24, 2.45) is 0 Å². The largest absolute Gasteiger partial charge is 0.493 e. The van der Waals surface area contributed by atoms with E-state index in [-0.39, 0.29) is 13.2 Å². The molecule has 0 saturated heterocycles. The minimum atomic E-state index is -0.841. The van der Waals surface area contributed by atoms with Crippen LogP contribution in [0.2, 0.25) is 0 Å². The van der Waals surface area contributed by atoms with E-state index in [9.17, 15) is 0 Å². The van der Waals surface area contributed by atoms with Gasteiger partial charge in [-0.3, -0.25) is 0 Å². The van der Waals surface area contributed by atoms with Gasteiger partial charge in [-0.2, -0.15) is 0 Å². The summed E-state index contributed by atoms with van der Waals surface area (Å²) in [6.45, 7) is 0.463. The minimum absolute atomic E-state index is 0.0946. The summed E-state index contributed by atoms with van der Waals surface area (Å²) in [7, 11) is 1.57. The summed E-state index contributed by atoms with van der Waals surface area (Å²) >= 11 is 3.34. The van der Waals surface area contributed by atoms with Gasteiger partial charge in [0.2, 0.25) is 0 Å². The fourth-order valence-corrected chi connectivity index (χ4v) is 1.58. The first kappa shape index (κ1) is 15.2. The van der Waals surface area contributed by atoms with Gasteiger partial charge in [-0.1, -0.05) is 15.9 Å². The lowest BCUT2D eigenvalue weighted by molar-refractivity contribution is -0.00154. The molecule has 18 heavy (non-hydrogen) atoms. The summed E-state index contributed by atoms with van der Waals surface area (Å²) in [6, 6.07) is 5.46. The molecule has 0 aliphatic rings. The second-order valence-electron chi connectivity index (χ2n) is 3.55. The minimum Gasteiger partial charge on any atom is -0.493 e. The zero-order chi connectivity index (χ0) is 13.4. The van der Waals surface area contributed by atoms with E-state index in [0.29, 0.717) is 24.7 Å². The number of hydrogen-bond donors (Lipinski definition) is 2. The van der Waals surface area contributed by atoms with E-state index in [1.165, 1.54) is 0 Å². The summed E-state index contributed by atoms with van der Waals surface area (Å²) in [6.07, 6.45) is -0.841. The molecule has 0 spiro atoms. The maximum Gasteiger partial charge on any atom is 0.161 e. The number of hydrogen-bond acceptors (Lipinski definition) is 5. The van der Waals surface area contributed by atoms with Gasteiger partial charge < -0.3 is 24.4 Å². The number of aliphatic hydroxyl groups is 2. The van der Waals surface area contributed by atoms with Gasteiger partial charge in [-0.25, -0.2) is 0 Å². The standard InChI is InChI=1S/C12H17BrO5/c1-16-12-6-9(13)2-3-11(12)18-5-4-17-8-10(15)7-14/h2-3,6,10,14-15H,4-5,7-8H2,1H3. The smallest absolute Gasteiger partial charge is 0.161 e. The van der Waals surface area contributed by atoms with Gasteiger partial charge in [0.15, 0.2) is 11.5 Å². The SMILES string of the molecule is COc1cc(Br)ccc1OCCOCC(O)CO. The predicted molar refractivity (Wildman–Crippen MR) is 70.1 cm³/mol. The molecule has 1 unspecified atom stereocenters. The molecule has 6 heteroatoms. The summed E-state index contributed by atoms with van der Waals surface area (Å²) in [4.78, 5) is 0. The third-order valence-electron chi connectivity index (χ3n) is 2.13. The lowest BCUT2D eigenvalue weighted by Gasteiger charge is -2.12.